The number of aliphatic hydroxyl groups excluding tert-OH is 1. The third-order valence-electron chi connectivity index (χ3n) is 6.77. The number of morpholine rings is 1. The summed E-state index contributed by atoms with van der Waals surface area (Å²) in [5, 5.41) is 11.4. The highest BCUT2D eigenvalue weighted by Gasteiger charge is 2.46. The number of aliphatic hydroxyl groups is 1. The van der Waals surface area contributed by atoms with Crippen LogP contribution in [0.25, 0.3) is 5.76 Å². The van der Waals surface area contributed by atoms with E-state index in [2.05, 4.69) is 9.88 Å². The minimum Gasteiger partial charge on any atom is -0.507 e. The van der Waals surface area contributed by atoms with Crippen molar-refractivity contribution in [3.05, 3.63) is 63.7 Å². The Balaban J connectivity index is 1.74. The number of nitrogens with zero attached hydrogens (tertiary/aromatic N) is 2. The fourth-order valence-corrected chi connectivity index (χ4v) is 4.94. The molecule has 2 aromatic rings. The molecular formula is C26H30FN3O6. The monoisotopic (exact) mass is 499 g/mol. The second kappa shape index (κ2) is 10.6. The molecule has 1 amide bonds. The first-order valence-corrected chi connectivity index (χ1v) is 11.9. The molecule has 0 saturated carbocycles. The molecule has 1 atom stereocenters. The van der Waals surface area contributed by atoms with Crippen LogP contribution in [0.2, 0.25) is 0 Å². The Hall–Kier alpha value is -3.50. The van der Waals surface area contributed by atoms with E-state index in [1.165, 1.54) is 36.3 Å². The number of ketones is 1. The highest BCUT2D eigenvalue weighted by atomic mass is 19.1. The van der Waals surface area contributed by atoms with Crippen molar-refractivity contribution in [3.63, 3.8) is 0 Å². The molecular weight excluding hydrogens is 469 g/mol. The van der Waals surface area contributed by atoms with E-state index < -0.39 is 29.5 Å². The molecule has 0 spiro atoms. The van der Waals surface area contributed by atoms with E-state index in [4.69, 9.17) is 9.47 Å². The molecule has 2 N–H and O–H groups in total. The van der Waals surface area contributed by atoms with Crippen LogP contribution in [0.5, 0.6) is 0 Å². The van der Waals surface area contributed by atoms with Crippen molar-refractivity contribution in [3.8, 4) is 0 Å². The molecule has 1 unspecified atom stereocenters. The van der Waals surface area contributed by atoms with Crippen molar-refractivity contribution in [2.75, 3.05) is 46.5 Å². The molecule has 10 heteroatoms. The molecule has 192 valence electrons. The number of hydrogen-bond acceptors (Lipinski definition) is 7. The number of halogens is 1. The summed E-state index contributed by atoms with van der Waals surface area (Å²) in [4.78, 5) is 45.1. The Morgan fingerprint density at radius 2 is 1.83 bits per heavy atom. The van der Waals surface area contributed by atoms with Gasteiger partial charge in [-0.2, -0.15) is 0 Å². The van der Waals surface area contributed by atoms with Gasteiger partial charge < -0.3 is 24.5 Å². The van der Waals surface area contributed by atoms with E-state index in [0.717, 1.165) is 19.6 Å². The number of methoxy groups -OCH3 is 1. The fourth-order valence-electron chi connectivity index (χ4n) is 4.94. The number of Topliss-reactive ketones (excluding diaryl/α,β-unsaturated/α-hetero) is 1. The van der Waals surface area contributed by atoms with Crippen LogP contribution in [0.4, 0.5) is 4.39 Å². The second-order valence-electron chi connectivity index (χ2n) is 8.97. The van der Waals surface area contributed by atoms with Gasteiger partial charge in [0.1, 0.15) is 17.3 Å². The summed E-state index contributed by atoms with van der Waals surface area (Å²) < 4.78 is 23.9. The van der Waals surface area contributed by atoms with E-state index in [1.807, 2.05) is 0 Å². The molecule has 0 radical (unpaired) electrons. The number of aryl methyl sites for hydroxylation is 1. The van der Waals surface area contributed by atoms with E-state index in [9.17, 15) is 23.9 Å². The first-order chi connectivity index (χ1) is 17.2. The van der Waals surface area contributed by atoms with Gasteiger partial charge in [0.25, 0.3) is 11.7 Å². The molecule has 0 aliphatic carbocycles. The maximum atomic E-state index is 13.7. The van der Waals surface area contributed by atoms with Crippen LogP contribution in [-0.4, -0.2) is 84.1 Å². The minimum absolute atomic E-state index is 0.0976. The first-order valence-electron chi connectivity index (χ1n) is 11.9. The highest BCUT2D eigenvalue weighted by molar-refractivity contribution is 6.46. The predicted molar refractivity (Wildman–Crippen MR) is 129 cm³/mol. The van der Waals surface area contributed by atoms with Gasteiger partial charge in [-0.25, -0.2) is 9.18 Å². The molecule has 3 heterocycles. The average molecular weight is 500 g/mol. The number of aromatic nitrogens is 1. The number of hydrogen-bond donors (Lipinski definition) is 2. The van der Waals surface area contributed by atoms with Gasteiger partial charge in [0.2, 0.25) is 0 Å². The number of ether oxygens (including phenoxy) is 2. The number of rotatable bonds is 7. The third-order valence-corrected chi connectivity index (χ3v) is 6.77. The third kappa shape index (κ3) is 4.78. The highest BCUT2D eigenvalue weighted by Crippen LogP contribution is 2.41. The van der Waals surface area contributed by atoms with E-state index in [0.29, 0.717) is 36.5 Å². The summed E-state index contributed by atoms with van der Waals surface area (Å²) in [5.74, 6) is -3.02. The number of H-pyrrole nitrogens is 1. The Bertz CT molecular complexity index is 1200. The van der Waals surface area contributed by atoms with Gasteiger partial charge in [-0.1, -0.05) is 12.1 Å². The van der Waals surface area contributed by atoms with Crippen molar-refractivity contribution >= 4 is 23.4 Å². The smallest absolute Gasteiger partial charge is 0.354 e. The lowest BCUT2D eigenvalue weighted by molar-refractivity contribution is -0.140. The number of carbonyl (C=O) groups excluding carboxylic acids is 3. The number of aromatic amines is 1. The first kappa shape index (κ1) is 25.6. The zero-order valence-electron chi connectivity index (χ0n) is 20.6. The summed E-state index contributed by atoms with van der Waals surface area (Å²) in [6.07, 6.45) is 0.611. The molecule has 2 aliphatic rings. The van der Waals surface area contributed by atoms with Crippen LogP contribution in [0.3, 0.4) is 0 Å². The number of amides is 1. The molecule has 2 aliphatic heterocycles. The molecule has 2 fully saturated rings. The van der Waals surface area contributed by atoms with Gasteiger partial charge in [-0.05, 0) is 43.5 Å². The number of esters is 1. The predicted octanol–water partition coefficient (Wildman–Crippen LogP) is 2.70. The lowest BCUT2D eigenvalue weighted by atomic mass is 9.94. The fraction of sp³-hybridized carbons (Fsp3) is 0.423. The van der Waals surface area contributed by atoms with Gasteiger partial charge in [-0.3, -0.25) is 14.5 Å². The van der Waals surface area contributed by atoms with Gasteiger partial charge in [0.05, 0.1) is 31.9 Å². The Morgan fingerprint density at radius 1 is 1.17 bits per heavy atom. The quantitative estimate of drug-likeness (QED) is 0.261. The molecule has 4 rings (SSSR count). The lowest BCUT2D eigenvalue weighted by Crippen LogP contribution is -2.38. The average Bonchev–Trinajstić information content (AvgIpc) is 3.31. The summed E-state index contributed by atoms with van der Waals surface area (Å²) in [6.45, 7) is 7.19. The molecule has 9 nitrogen and oxygen atoms in total. The van der Waals surface area contributed by atoms with Crippen LogP contribution in [-0.2, 0) is 19.1 Å². The zero-order valence-corrected chi connectivity index (χ0v) is 20.6. The summed E-state index contributed by atoms with van der Waals surface area (Å²) >= 11 is 0. The largest absolute Gasteiger partial charge is 0.507 e. The minimum atomic E-state index is -0.898. The number of carbonyl (C=O) groups is 3. The Morgan fingerprint density at radius 3 is 2.47 bits per heavy atom. The van der Waals surface area contributed by atoms with Gasteiger partial charge in [0.15, 0.2) is 0 Å². The summed E-state index contributed by atoms with van der Waals surface area (Å²) in [7, 11) is 1.24. The van der Waals surface area contributed by atoms with Crippen LogP contribution >= 0.6 is 0 Å². The van der Waals surface area contributed by atoms with Crippen molar-refractivity contribution in [2.24, 2.45) is 0 Å². The maximum Gasteiger partial charge on any atom is 0.354 e. The summed E-state index contributed by atoms with van der Waals surface area (Å²) in [5.41, 5.74) is 1.65. The molecule has 0 bridgehead atoms. The van der Waals surface area contributed by atoms with E-state index in [-0.39, 0.29) is 29.1 Å². The van der Waals surface area contributed by atoms with Crippen LogP contribution in [0, 0.1) is 19.7 Å². The topological polar surface area (TPSA) is 112 Å². The molecule has 1 aromatic carbocycles. The molecule has 1 aromatic heterocycles. The summed E-state index contributed by atoms with van der Waals surface area (Å²) in [6, 6.07) is 4.62. The maximum absolute atomic E-state index is 13.7. The second-order valence-corrected chi connectivity index (χ2v) is 8.97. The zero-order chi connectivity index (χ0) is 26.0. The van der Waals surface area contributed by atoms with Crippen molar-refractivity contribution in [2.45, 2.75) is 26.3 Å². The van der Waals surface area contributed by atoms with Gasteiger partial charge in [-0.15, -0.1) is 0 Å². The number of nitrogens with one attached hydrogen (secondary N) is 1. The van der Waals surface area contributed by atoms with Crippen LogP contribution < -0.4 is 0 Å². The molecule has 36 heavy (non-hydrogen) atoms. The number of benzene rings is 1. The van der Waals surface area contributed by atoms with Gasteiger partial charge >= 0.3 is 5.97 Å². The van der Waals surface area contributed by atoms with Crippen molar-refractivity contribution in [1.82, 2.24) is 14.8 Å². The van der Waals surface area contributed by atoms with Crippen molar-refractivity contribution < 1.29 is 33.4 Å². The van der Waals surface area contributed by atoms with E-state index >= 15 is 0 Å². The molecule has 2 saturated heterocycles. The van der Waals surface area contributed by atoms with Crippen LogP contribution in [0.1, 0.15) is 45.3 Å². The van der Waals surface area contributed by atoms with Crippen molar-refractivity contribution in [1.29, 1.82) is 0 Å². The standard InChI is InChI=1S/C26H30FN3O6/c1-15-19(16(2)28-21(15)26(34)35-3)23(31)20-22(17-5-7-18(27)8-6-17)30(25(33)24(20)32)10-4-9-29-11-13-36-14-12-29/h5-8,22,28,31H,4,9-14H2,1-3H3/b23-20-. The normalized spacial score (nSPS) is 20.2. The Kier molecular flexibility index (Phi) is 7.56. The number of likely N-dealkylation sites (tertiary alicyclic amines) is 1. The van der Waals surface area contributed by atoms with E-state index in [1.54, 1.807) is 13.8 Å². The van der Waals surface area contributed by atoms with Crippen LogP contribution in [0.15, 0.2) is 29.8 Å². The lowest BCUT2D eigenvalue weighted by Gasteiger charge is -2.29. The SMILES string of the molecule is COC(=O)c1[nH]c(C)c(/C(O)=C2/C(=O)C(=O)N(CCCN3CCOCC3)C2c2ccc(F)cc2)c1C. The Labute approximate surface area is 208 Å². The van der Waals surface area contributed by atoms with Gasteiger partial charge in [0, 0.05) is 37.4 Å².